The van der Waals surface area contributed by atoms with E-state index in [0.717, 1.165) is 38.3 Å². The van der Waals surface area contributed by atoms with Gasteiger partial charge in [0.25, 0.3) is 0 Å². The summed E-state index contributed by atoms with van der Waals surface area (Å²) in [6, 6.07) is 5.09. The lowest BCUT2D eigenvalue weighted by Crippen LogP contribution is -2.45. The molecule has 7 nitrogen and oxygen atoms in total. The topological polar surface area (TPSA) is 66.4 Å². The number of halogens is 1. The Hall–Kier alpha value is -2.19. The molecule has 1 fully saturated rings. The molecule has 0 atom stereocenters. The van der Waals surface area contributed by atoms with Gasteiger partial charge in [0.1, 0.15) is 5.82 Å². The van der Waals surface area contributed by atoms with Gasteiger partial charge in [-0.1, -0.05) is 6.07 Å². The molecule has 1 N–H and O–H groups in total. The molecule has 1 aliphatic heterocycles. The zero-order valence-corrected chi connectivity index (χ0v) is 14.0. The van der Waals surface area contributed by atoms with Crippen LogP contribution in [0.1, 0.15) is 11.4 Å². The van der Waals surface area contributed by atoms with E-state index in [1.165, 1.54) is 17.9 Å². The maximum atomic E-state index is 13.8. The third-order valence-electron chi connectivity index (χ3n) is 4.28. The van der Waals surface area contributed by atoms with Crippen molar-refractivity contribution in [1.82, 2.24) is 24.6 Å². The largest absolute Gasteiger partial charge is 0.494 e. The lowest BCUT2D eigenvalue weighted by atomic mass is 10.2. The smallest absolute Gasteiger partial charge is 0.343 e. The second kappa shape index (κ2) is 7.14. The van der Waals surface area contributed by atoms with E-state index in [4.69, 9.17) is 4.74 Å². The lowest BCUT2D eigenvalue weighted by Gasteiger charge is -2.34. The van der Waals surface area contributed by atoms with Gasteiger partial charge in [0.05, 0.1) is 13.7 Å². The van der Waals surface area contributed by atoms with Gasteiger partial charge in [0, 0.05) is 39.8 Å². The molecule has 0 radical (unpaired) electrons. The van der Waals surface area contributed by atoms with E-state index < -0.39 is 0 Å². The van der Waals surface area contributed by atoms with Crippen LogP contribution in [-0.4, -0.2) is 57.9 Å². The Balaban J connectivity index is 1.51. The number of piperazine rings is 1. The van der Waals surface area contributed by atoms with E-state index in [1.807, 2.05) is 6.07 Å². The minimum Gasteiger partial charge on any atom is -0.494 e. The molecule has 0 spiro atoms. The molecule has 8 heteroatoms. The Bertz CT molecular complexity index is 749. The van der Waals surface area contributed by atoms with Gasteiger partial charge in [-0.3, -0.25) is 14.8 Å². The Morgan fingerprint density at radius 3 is 2.42 bits per heavy atom. The second-order valence-corrected chi connectivity index (χ2v) is 6.02. The summed E-state index contributed by atoms with van der Waals surface area (Å²) in [5.41, 5.74) is 0.751. The number of methoxy groups -OCH3 is 1. The summed E-state index contributed by atoms with van der Waals surface area (Å²) < 4.78 is 20.0. The van der Waals surface area contributed by atoms with Crippen LogP contribution in [0, 0.1) is 5.82 Å². The molecule has 0 unspecified atom stereocenters. The summed E-state index contributed by atoms with van der Waals surface area (Å²) in [6.45, 7) is 4.92. The van der Waals surface area contributed by atoms with Gasteiger partial charge < -0.3 is 4.74 Å². The number of H-pyrrole nitrogens is 1. The zero-order valence-electron chi connectivity index (χ0n) is 14.0. The summed E-state index contributed by atoms with van der Waals surface area (Å²) in [5, 5.41) is 4.16. The fourth-order valence-electron chi connectivity index (χ4n) is 2.91. The van der Waals surface area contributed by atoms with Crippen molar-refractivity contribution in [3.8, 4) is 5.75 Å². The second-order valence-electron chi connectivity index (χ2n) is 6.02. The number of ether oxygens (including phenoxy) is 1. The van der Waals surface area contributed by atoms with Crippen molar-refractivity contribution in [3.05, 3.63) is 45.9 Å². The fraction of sp³-hybridized carbons (Fsp3) is 0.500. The quantitative estimate of drug-likeness (QED) is 0.866. The van der Waals surface area contributed by atoms with Gasteiger partial charge in [-0.25, -0.2) is 13.9 Å². The van der Waals surface area contributed by atoms with Crippen molar-refractivity contribution < 1.29 is 9.13 Å². The molecule has 24 heavy (non-hydrogen) atoms. The molecule has 1 saturated heterocycles. The number of nitrogens with zero attached hydrogens (tertiary/aromatic N) is 4. The Kier molecular flexibility index (Phi) is 4.96. The number of aryl methyl sites for hydroxylation is 1. The Labute approximate surface area is 139 Å². The minimum atomic E-state index is -0.326. The zero-order chi connectivity index (χ0) is 17.1. The van der Waals surface area contributed by atoms with Crippen LogP contribution in [0.25, 0.3) is 0 Å². The van der Waals surface area contributed by atoms with Gasteiger partial charge >= 0.3 is 5.69 Å². The summed E-state index contributed by atoms with van der Waals surface area (Å²) in [4.78, 5) is 18.7. The van der Waals surface area contributed by atoms with Crippen LogP contribution in [0.2, 0.25) is 0 Å². The first-order valence-electron chi connectivity index (χ1n) is 7.94. The molecular formula is C16H22FN5O2. The highest BCUT2D eigenvalue weighted by atomic mass is 19.1. The number of benzene rings is 1. The van der Waals surface area contributed by atoms with Crippen molar-refractivity contribution in [2.24, 2.45) is 7.05 Å². The highest BCUT2D eigenvalue weighted by molar-refractivity contribution is 5.29. The van der Waals surface area contributed by atoms with E-state index >= 15 is 0 Å². The van der Waals surface area contributed by atoms with Gasteiger partial charge in [0.2, 0.25) is 0 Å². The molecule has 130 valence electrons. The molecule has 2 heterocycles. The average molecular weight is 335 g/mol. The van der Waals surface area contributed by atoms with E-state index in [-0.39, 0.29) is 17.3 Å². The molecule has 1 aliphatic rings. The summed E-state index contributed by atoms with van der Waals surface area (Å²) in [5.74, 6) is 0.633. The molecule has 3 rings (SSSR count). The van der Waals surface area contributed by atoms with Gasteiger partial charge in [-0.2, -0.15) is 5.10 Å². The summed E-state index contributed by atoms with van der Waals surface area (Å²) >= 11 is 0. The van der Waals surface area contributed by atoms with Crippen molar-refractivity contribution >= 4 is 0 Å². The number of rotatable bonds is 5. The van der Waals surface area contributed by atoms with Crippen LogP contribution in [0.4, 0.5) is 4.39 Å². The third-order valence-corrected chi connectivity index (χ3v) is 4.28. The maximum absolute atomic E-state index is 13.8. The van der Waals surface area contributed by atoms with Crippen molar-refractivity contribution in [2.45, 2.75) is 13.1 Å². The highest BCUT2D eigenvalue weighted by Crippen LogP contribution is 2.19. The number of aromatic amines is 1. The van der Waals surface area contributed by atoms with Crippen LogP contribution in [0.3, 0.4) is 0 Å². The van der Waals surface area contributed by atoms with Crippen LogP contribution >= 0.6 is 0 Å². The van der Waals surface area contributed by atoms with E-state index in [1.54, 1.807) is 13.1 Å². The molecule has 2 aromatic rings. The van der Waals surface area contributed by atoms with Gasteiger partial charge in [-0.05, 0) is 17.7 Å². The lowest BCUT2D eigenvalue weighted by molar-refractivity contribution is 0.119. The maximum Gasteiger partial charge on any atom is 0.343 e. The average Bonchev–Trinajstić information content (AvgIpc) is 2.87. The number of hydrogen-bond acceptors (Lipinski definition) is 5. The van der Waals surface area contributed by atoms with Gasteiger partial charge in [-0.15, -0.1) is 0 Å². The first-order valence-corrected chi connectivity index (χ1v) is 7.94. The molecule has 0 amide bonds. The predicted molar refractivity (Wildman–Crippen MR) is 87.3 cm³/mol. The number of aromatic nitrogens is 3. The molecule has 1 aromatic carbocycles. The van der Waals surface area contributed by atoms with E-state index in [9.17, 15) is 9.18 Å². The SMILES string of the molecule is COc1ccc(CN2CCN(Cc3nn(C)c(=O)[nH]3)CC2)cc1F. The van der Waals surface area contributed by atoms with E-state index in [2.05, 4.69) is 19.9 Å². The van der Waals surface area contributed by atoms with Crippen molar-refractivity contribution in [2.75, 3.05) is 33.3 Å². The van der Waals surface area contributed by atoms with Gasteiger partial charge in [0.15, 0.2) is 11.6 Å². The molecular weight excluding hydrogens is 313 g/mol. The molecule has 1 aromatic heterocycles. The highest BCUT2D eigenvalue weighted by Gasteiger charge is 2.18. The number of nitrogens with one attached hydrogen (secondary N) is 1. The van der Waals surface area contributed by atoms with Crippen LogP contribution < -0.4 is 10.4 Å². The van der Waals surface area contributed by atoms with Crippen LogP contribution in [-0.2, 0) is 20.1 Å². The molecule has 0 saturated carbocycles. The minimum absolute atomic E-state index is 0.190. The first-order chi connectivity index (χ1) is 11.5. The summed E-state index contributed by atoms with van der Waals surface area (Å²) in [7, 11) is 3.10. The fourth-order valence-corrected chi connectivity index (χ4v) is 2.91. The predicted octanol–water partition coefficient (Wildman–Crippen LogP) is 0.574. The van der Waals surface area contributed by atoms with Crippen LogP contribution in [0.5, 0.6) is 5.75 Å². The third kappa shape index (κ3) is 3.82. The molecule has 0 aliphatic carbocycles. The molecule has 0 bridgehead atoms. The Morgan fingerprint density at radius 2 is 1.88 bits per heavy atom. The summed E-state index contributed by atoms with van der Waals surface area (Å²) in [6.07, 6.45) is 0. The number of hydrogen-bond donors (Lipinski definition) is 1. The normalized spacial score (nSPS) is 16.5. The van der Waals surface area contributed by atoms with Crippen molar-refractivity contribution in [1.29, 1.82) is 0 Å². The monoisotopic (exact) mass is 335 g/mol. The van der Waals surface area contributed by atoms with Crippen LogP contribution in [0.15, 0.2) is 23.0 Å². The Morgan fingerprint density at radius 1 is 1.21 bits per heavy atom. The standard InChI is InChI=1S/C16H22FN5O2/c1-20-16(23)18-15(19-20)11-22-7-5-21(6-8-22)10-12-3-4-14(24-2)13(17)9-12/h3-4,9H,5-8,10-11H2,1-2H3,(H,18,19,23). The van der Waals surface area contributed by atoms with Crippen molar-refractivity contribution in [3.63, 3.8) is 0 Å². The van der Waals surface area contributed by atoms with E-state index in [0.29, 0.717) is 12.4 Å². The first kappa shape index (κ1) is 16.7.